The minimum atomic E-state index is -3.28. The predicted molar refractivity (Wildman–Crippen MR) is 83.6 cm³/mol. The van der Waals surface area contributed by atoms with E-state index in [1.165, 1.54) is 16.1 Å². The Bertz CT molecular complexity index is 571. The Balaban J connectivity index is 2.13. The number of rotatable bonds is 4. The fourth-order valence-electron chi connectivity index (χ4n) is 2.51. The molecule has 2 heterocycles. The maximum absolute atomic E-state index is 12.0. The summed E-state index contributed by atoms with van der Waals surface area (Å²) >= 11 is 1.64. The number of carbonyl (C=O) groups excluding carboxylic acids is 1. The van der Waals surface area contributed by atoms with E-state index in [-0.39, 0.29) is 18.4 Å². The lowest BCUT2D eigenvalue weighted by Gasteiger charge is -2.22. The van der Waals surface area contributed by atoms with Gasteiger partial charge in [-0.05, 0) is 22.4 Å². The lowest BCUT2D eigenvalue weighted by Crippen LogP contribution is -2.41. The van der Waals surface area contributed by atoms with Crippen molar-refractivity contribution < 1.29 is 13.2 Å². The van der Waals surface area contributed by atoms with Gasteiger partial charge in [-0.25, -0.2) is 12.7 Å². The largest absolute Gasteiger partial charge is 0.359 e. The smallest absolute Gasteiger partial charge is 0.225 e. The lowest BCUT2D eigenvalue weighted by molar-refractivity contribution is -0.125. The molecule has 0 bridgehead atoms. The molecule has 0 aromatic carbocycles. The molecule has 21 heavy (non-hydrogen) atoms. The molecule has 1 saturated heterocycles. The molecule has 0 aliphatic carbocycles. The van der Waals surface area contributed by atoms with Crippen molar-refractivity contribution in [3.8, 4) is 0 Å². The van der Waals surface area contributed by atoms with Gasteiger partial charge in [0.25, 0.3) is 0 Å². The number of hydrogen-bond acceptors (Lipinski definition) is 5. The number of carbonyl (C=O) groups is 1. The number of nitrogens with one attached hydrogen (secondary N) is 1. The quantitative estimate of drug-likeness (QED) is 0.855. The molecule has 0 radical (unpaired) electrons. The molecule has 118 valence electrons. The fraction of sp³-hybridized carbons (Fsp3) is 0.615. The Labute approximate surface area is 129 Å². The fourth-order valence-corrected chi connectivity index (χ4v) is 4.03. The molecule has 1 aromatic heterocycles. The van der Waals surface area contributed by atoms with Gasteiger partial charge >= 0.3 is 0 Å². The van der Waals surface area contributed by atoms with Crippen LogP contribution in [0.3, 0.4) is 0 Å². The molecule has 1 atom stereocenters. The first kappa shape index (κ1) is 16.4. The maximum Gasteiger partial charge on any atom is 0.225 e. The van der Waals surface area contributed by atoms with E-state index in [0.717, 1.165) is 6.54 Å². The molecule has 1 aromatic rings. The van der Waals surface area contributed by atoms with Gasteiger partial charge in [0, 0.05) is 39.8 Å². The third-order valence-corrected chi connectivity index (χ3v) is 5.64. The zero-order valence-corrected chi connectivity index (χ0v) is 13.9. The van der Waals surface area contributed by atoms with Crippen LogP contribution < -0.4 is 5.32 Å². The summed E-state index contributed by atoms with van der Waals surface area (Å²) in [6, 6.07) is 2.05. The predicted octanol–water partition coefficient (Wildman–Crippen LogP) is 0.188. The third kappa shape index (κ3) is 4.50. The van der Waals surface area contributed by atoms with E-state index in [1.807, 2.05) is 5.38 Å². The molecular weight excluding hydrogens is 310 g/mol. The van der Waals surface area contributed by atoms with Gasteiger partial charge in [-0.3, -0.25) is 9.69 Å². The Morgan fingerprint density at radius 3 is 2.76 bits per heavy atom. The summed E-state index contributed by atoms with van der Waals surface area (Å²) in [5.41, 5.74) is 1.20. The first-order valence-electron chi connectivity index (χ1n) is 6.80. The van der Waals surface area contributed by atoms with Crippen LogP contribution in [-0.2, 0) is 21.4 Å². The second-order valence-electron chi connectivity index (χ2n) is 5.30. The van der Waals surface area contributed by atoms with Gasteiger partial charge in [0.15, 0.2) is 0 Å². The Morgan fingerprint density at radius 1 is 1.43 bits per heavy atom. The van der Waals surface area contributed by atoms with E-state index >= 15 is 0 Å². The van der Waals surface area contributed by atoms with Gasteiger partial charge in [-0.15, -0.1) is 0 Å². The van der Waals surface area contributed by atoms with E-state index in [4.69, 9.17) is 0 Å². The molecule has 1 fully saturated rings. The SMILES string of the molecule is CNC(=O)[C@H]1CN(Cc2ccsc2)CCN(S(C)(=O)=O)C1. The topological polar surface area (TPSA) is 69.7 Å². The first-order valence-corrected chi connectivity index (χ1v) is 9.59. The monoisotopic (exact) mass is 331 g/mol. The first-order chi connectivity index (χ1) is 9.90. The molecule has 6 nitrogen and oxygen atoms in total. The molecule has 8 heteroatoms. The summed E-state index contributed by atoms with van der Waals surface area (Å²) in [7, 11) is -1.70. The summed E-state index contributed by atoms with van der Waals surface area (Å²) in [6.45, 7) is 2.63. The van der Waals surface area contributed by atoms with Crippen molar-refractivity contribution in [3.05, 3.63) is 22.4 Å². The van der Waals surface area contributed by atoms with Crippen LogP contribution in [0.4, 0.5) is 0 Å². The molecule has 1 aliphatic rings. The number of amides is 1. The number of thiophene rings is 1. The van der Waals surface area contributed by atoms with Crippen molar-refractivity contribution in [3.63, 3.8) is 0 Å². The van der Waals surface area contributed by atoms with Gasteiger partial charge in [-0.2, -0.15) is 11.3 Å². The van der Waals surface area contributed by atoms with Crippen molar-refractivity contribution in [2.45, 2.75) is 6.54 Å². The molecule has 0 spiro atoms. The van der Waals surface area contributed by atoms with Crippen LogP contribution in [0.5, 0.6) is 0 Å². The van der Waals surface area contributed by atoms with Gasteiger partial charge < -0.3 is 5.32 Å². The Hall–Kier alpha value is -0.960. The highest BCUT2D eigenvalue weighted by Gasteiger charge is 2.31. The Morgan fingerprint density at radius 2 is 2.19 bits per heavy atom. The zero-order valence-electron chi connectivity index (χ0n) is 12.3. The highest BCUT2D eigenvalue weighted by molar-refractivity contribution is 7.88. The minimum absolute atomic E-state index is 0.110. The van der Waals surface area contributed by atoms with Crippen molar-refractivity contribution >= 4 is 27.3 Å². The lowest BCUT2D eigenvalue weighted by atomic mass is 10.1. The zero-order chi connectivity index (χ0) is 15.5. The van der Waals surface area contributed by atoms with E-state index in [1.54, 1.807) is 18.4 Å². The average molecular weight is 331 g/mol. The molecule has 1 amide bonds. The summed E-state index contributed by atoms with van der Waals surface area (Å²) < 4.78 is 25.0. The number of sulfonamides is 1. The standard InChI is InChI=1S/C13H21N3O3S2/c1-14-13(17)12-8-15(7-11-3-6-20-10-11)4-5-16(9-12)21(2,18)19/h3,6,10,12H,4-5,7-9H2,1-2H3,(H,14,17)/t12-/m0/s1. The second-order valence-corrected chi connectivity index (χ2v) is 8.06. The minimum Gasteiger partial charge on any atom is -0.359 e. The molecule has 0 saturated carbocycles. The van der Waals surface area contributed by atoms with Crippen molar-refractivity contribution in [2.24, 2.45) is 5.92 Å². The van der Waals surface area contributed by atoms with Crippen LogP contribution in [-0.4, -0.2) is 63.0 Å². The van der Waals surface area contributed by atoms with Gasteiger partial charge in [-0.1, -0.05) is 0 Å². The van der Waals surface area contributed by atoms with E-state index in [0.29, 0.717) is 19.6 Å². The number of nitrogens with zero attached hydrogens (tertiary/aromatic N) is 2. The normalized spacial score (nSPS) is 21.9. The van der Waals surface area contributed by atoms with E-state index in [2.05, 4.69) is 21.7 Å². The molecule has 0 unspecified atom stereocenters. The van der Waals surface area contributed by atoms with E-state index in [9.17, 15) is 13.2 Å². The summed E-state index contributed by atoms with van der Waals surface area (Å²) in [4.78, 5) is 14.1. The Kier molecular flexibility index (Phi) is 5.37. The van der Waals surface area contributed by atoms with E-state index < -0.39 is 10.0 Å². The molecule has 2 rings (SSSR count). The maximum atomic E-state index is 12.0. The van der Waals surface area contributed by atoms with Gasteiger partial charge in [0.2, 0.25) is 15.9 Å². The van der Waals surface area contributed by atoms with Crippen molar-refractivity contribution in [1.29, 1.82) is 0 Å². The van der Waals surface area contributed by atoms with Crippen LogP contribution >= 0.6 is 11.3 Å². The third-order valence-electron chi connectivity index (χ3n) is 3.64. The molecule has 1 N–H and O–H groups in total. The highest BCUT2D eigenvalue weighted by atomic mass is 32.2. The second kappa shape index (κ2) is 6.87. The summed E-state index contributed by atoms with van der Waals surface area (Å²) in [6.07, 6.45) is 1.20. The van der Waals surface area contributed by atoms with Gasteiger partial charge in [0.1, 0.15) is 0 Å². The van der Waals surface area contributed by atoms with Crippen molar-refractivity contribution in [2.75, 3.05) is 39.5 Å². The van der Waals surface area contributed by atoms with Crippen LogP contribution in [0.2, 0.25) is 0 Å². The molecular formula is C13H21N3O3S2. The average Bonchev–Trinajstić information content (AvgIpc) is 2.82. The van der Waals surface area contributed by atoms with Gasteiger partial charge in [0.05, 0.1) is 12.2 Å². The van der Waals surface area contributed by atoms with Crippen LogP contribution in [0.1, 0.15) is 5.56 Å². The van der Waals surface area contributed by atoms with Crippen LogP contribution in [0, 0.1) is 5.92 Å². The number of hydrogen-bond donors (Lipinski definition) is 1. The highest BCUT2D eigenvalue weighted by Crippen LogP contribution is 2.16. The summed E-state index contributed by atoms with van der Waals surface area (Å²) in [5.74, 6) is -0.452. The summed E-state index contributed by atoms with van der Waals surface area (Å²) in [5, 5.41) is 6.73. The van der Waals surface area contributed by atoms with Crippen LogP contribution in [0.25, 0.3) is 0 Å². The van der Waals surface area contributed by atoms with Crippen LogP contribution in [0.15, 0.2) is 16.8 Å². The van der Waals surface area contributed by atoms with Crippen molar-refractivity contribution in [1.82, 2.24) is 14.5 Å². The molecule has 1 aliphatic heterocycles.